The molecule has 0 unspecified atom stereocenters. The first-order valence-electron chi connectivity index (χ1n) is 5.11. The Morgan fingerprint density at radius 2 is 2.31 bits per heavy atom. The Balaban J connectivity index is 2.46. The number of carbonyl (C=O) groups is 1. The average molecular weight is 216 g/mol. The van der Waals surface area contributed by atoms with Gasteiger partial charge in [0.2, 0.25) is 0 Å². The number of aldehydes is 1. The summed E-state index contributed by atoms with van der Waals surface area (Å²) in [5.41, 5.74) is 2.32. The maximum atomic E-state index is 10.6. The van der Waals surface area contributed by atoms with Gasteiger partial charge in [0.15, 0.2) is 0 Å². The van der Waals surface area contributed by atoms with Crippen molar-refractivity contribution in [3.8, 4) is 11.4 Å². The first-order valence-corrected chi connectivity index (χ1v) is 5.11. The molecule has 0 aromatic carbocycles. The zero-order chi connectivity index (χ0) is 11.4. The van der Waals surface area contributed by atoms with Gasteiger partial charge in [0.05, 0.1) is 6.20 Å². The minimum atomic E-state index is 0.353. The zero-order valence-electron chi connectivity index (χ0n) is 9.00. The molecule has 0 N–H and O–H groups in total. The Labute approximate surface area is 93.2 Å². The van der Waals surface area contributed by atoms with Gasteiger partial charge in [0, 0.05) is 37.1 Å². The van der Waals surface area contributed by atoms with E-state index >= 15 is 0 Å². The summed E-state index contributed by atoms with van der Waals surface area (Å²) in [4.78, 5) is 18.8. The predicted molar refractivity (Wildman–Crippen MR) is 58.7 cm³/mol. The normalized spacial score (nSPS) is 10.3. The lowest BCUT2D eigenvalue weighted by atomic mass is 10.1. The molecular formula is C11H12N4O. The predicted octanol–water partition coefficient (Wildman–Crippen LogP) is 1.10. The maximum absolute atomic E-state index is 10.6. The van der Waals surface area contributed by atoms with Gasteiger partial charge < -0.3 is 4.79 Å². The van der Waals surface area contributed by atoms with Crippen LogP contribution in [0.1, 0.15) is 12.5 Å². The van der Waals surface area contributed by atoms with E-state index in [9.17, 15) is 4.79 Å². The Bertz CT molecular complexity index is 478. The molecule has 0 spiro atoms. The van der Waals surface area contributed by atoms with E-state index in [2.05, 4.69) is 15.1 Å². The highest BCUT2D eigenvalue weighted by molar-refractivity contribution is 5.64. The van der Waals surface area contributed by atoms with Crippen molar-refractivity contribution in [1.29, 1.82) is 0 Å². The molecule has 0 aliphatic heterocycles. The lowest BCUT2D eigenvalue weighted by Crippen LogP contribution is -1.94. The van der Waals surface area contributed by atoms with Crippen molar-refractivity contribution in [2.45, 2.75) is 19.9 Å². The summed E-state index contributed by atoms with van der Waals surface area (Å²) in [6.45, 7) is 2.77. The molecule has 0 aliphatic carbocycles. The van der Waals surface area contributed by atoms with E-state index in [1.165, 1.54) is 0 Å². The largest absolute Gasteiger partial charge is 0.303 e. The lowest BCUT2D eigenvalue weighted by Gasteiger charge is -1.96. The van der Waals surface area contributed by atoms with E-state index < -0.39 is 0 Å². The number of hydrogen-bond donors (Lipinski definition) is 0. The number of aromatic nitrogens is 4. The molecule has 0 aliphatic rings. The van der Waals surface area contributed by atoms with Gasteiger partial charge in [-0.3, -0.25) is 14.6 Å². The standard InChI is InChI=1S/C11H12N4O/c1-2-15-8-9(3-6-16)11(14-15)10-7-12-4-5-13-10/h4-8H,2-3H2,1H3. The molecule has 0 fully saturated rings. The van der Waals surface area contributed by atoms with E-state index in [-0.39, 0.29) is 0 Å². The summed E-state index contributed by atoms with van der Waals surface area (Å²) < 4.78 is 1.79. The third-order valence-corrected chi connectivity index (χ3v) is 2.27. The van der Waals surface area contributed by atoms with Crippen LogP contribution in [0.5, 0.6) is 0 Å². The minimum absolute atomic E-state index is 0.353. The maximum Gasteiger partial charge on any atom is 0.124 e. The molecule has 5 nitrogen and oxygen atoms in total. The van der Waals surface area contributed by atoms with Gasteiger partial charge in [-0.2, -0.15) is 5.10 Å². The van der Waals surface area contributed by atoms with Gasteiger partial charge in [0.1, 0.15) is 17.7 Å². The Morgan fingerprint density at radius 1 is 1.44 bits per heavy atom. The number of nitrogens with zero attached hydrogens (tertiary/aromatic N) is 4. The summed E-state index contributed by atoms with van der Waals surface area (Å²) in [7, 11) is 0. The topological polar surface area (TPSA) is 60.7 Å². The number of carbonyl (C=O) groups excluding carboxylic acids is 1. The summed E-state index contributed by atoms with van der Waals surface area (Å²) >= 11 is 0. The first kappa shape index (κ1) is 10.5. The van der Waals surface area contributed by atoms with Crippen LogP contribution in [0, 0.1) is 0 Å². The van der Waals surface area contributed by atoms with Crippen molar-refractivity contribution in [2.24, 2.45) is 0 Å². The van der Waals surface area contributed by atoms with Crippen LogP contribution >= 0.6 is 0 Å². The van der Waals surface area contributed by atoms with E-state index in [1.807, 2.05) is 13.1 Å². The number of rotatable bonds is 4. The fourth-order valence-corrected chi connectivity index (χ4v) is 1.50. The third kappa shape index (κ3) is 1.98. The Morgan fingerprint density at radius 3 is 2.94 bits per heavy atom. The molecule has 2 heterocycles. The van der Waals surface area contributed by atoms with Crippen LogP contribution in [-0.2, 0) is 17.8 Å². The number of aryl methyl sites for hydroxylation is 1. The second kappa shape index (κ2) is 4.65. The second-order valence-corrected chi connectivity index (χ2v) is 3.32. The van der Waals surface area contributed by atoms with E-state index in [0.29, 0.717) is 12.1 Å². The summed E-state index contributed by atoms with van der Waals surface area (Å²) in [5, 5.41) is 4.37. The molecule has 2 aromatic rings. The molecule has 2 aromatic heterocycles. The minimum Gasteiger partial charge on any atom is -0.303 e. The van der Waals surface area contributed by atoms with Gasteiger partial charge in [-0.1, -0.05) is 0 Å². The van der Waals surface area contributed by atoms with Crippen molar-refractivity contribution in [2.75, 3.05) is 0 Å². The van der Waals surface area contributed by atoms with Crippen LogP contribution in [0.3, 0.4) is 0 Å². The second-order valence-electron chi connectivity index (χ2n) is 3.32. The first-order chi connectivity index (χ1) is 7.85. The van der Waals surface area contributed by atoms with E-state index in [4.69, 9.17) is 0 Å². The highest BCUT2D eigenvalue weighted by Crippen LogP contribution is 2.18. The highest BCUT2D eigenvalue weighted by atomic mass is 16.1. The fourth-order valence-electron chi connectivity index (χ4n) is 1.50. The monoisotopic (exact) mass is 216 g/mol. The van der Waals surface area contributed by atoms with Crippen molar-refractivity contribution in [3.63, 3.8) is 0 Å². The van der Waals surface area contributed by atoms with Crippen LogP contribution in [0.25, 0.3) is 11.4 Å². The molecule has 0 saturated carbocycles. The molecule has 0 saturated heterocycles. The van der Waals surface area contributed by atoms with Crippen molar-refractivity contribution >= 4 is 6.29 Å². The van der Waals surface area contributed by atoms with Gasteiger partial charge in [-0.25, -0.2) is 0 Å². The summed E-state index contributed by atoms with van der Waals surface area (Å²) in [6.07, 6.45) is 7.97. The van der Waals surface area contributed by atoms with Gasteiger partial charge in [-0.15, -0.1) is 0 Å². The third-order valence-electron chi connectivity index (χ3n) is 2.27. The molecule has 16 heavy (non-hydrogen) atoms. The van der Waals surface area contributed by atoms with Crippen LogP contribution in [0.4, 0.5) is 0 Å². The van der Waals surface area contributed by atoms with Crippen LogP contribution in [0.2, 0.25) is 0 Å². The molecule has 0 atom stereocenters. The summed E-state index contributed by atoms with van der Waals surface area (Å²) in [5.74, 6) is 0. The SMILES string of the molecule is CCn1cc(CC=O)c(-c2cnccn2)n1. The fraction of sp³-hybridized carbons (Fsp3) is 0.273. The highest BCUT2D eigenvalue weighted by Gasteiger charge is 2.11. The molecular weight excluding hydrogens is 204 g/mol. The van der Waals surface area contributed by atoms with Crippen molar-refractivity contribution in [1.82, 2.24) is 19.7 Å². The van der Waals surface area contributed by atoms with Gasteiger partial charge in [-0.05, 0) is 6.92 Å². The molecule has 0 radical (unpaired) electrons. The van der Waals surface area contributed by atoms with Gasteiger partial charge >= 0.3 is 0 Å². The van der Waals surface area contributed by atoms with Crippen molar-refractivity contribution < 1.29 is 4.79 Å². The molecule has 82 valence electrons. The van der Waals surface area contributed by atoms with E-state index in [0.717, 1.165) is 24.1 Å². The zero-order valence-corrected chi connectivity index (χ0v) is 9.00. The number of hydrogen-bond acceptors (Lipinski definition) is 4. The molecule has 2 rings (SSSR count). The van der Waals surface area contributed by atoms with Crippen LogP contribution in [0.15, 0.2) is 24.8 Å². The molecule has 0 bridgehead atoms. The lowest BCUT2D eigenvalue weighted by molar-refractivity contribution is -0.107. The molecule has 5 heteroatoms. The average Bonchev–Trinajstić information content (AvgIpc) is 2.74. The Hall–Kier alpha value is -2.04. The smallest absolute Gasteiger partial charge is 0.124 e. The van der Waals surface area contributed by atoms with Crippen LogP contribution < -0.4 is 0 Å². The van der Waals surface area contributed by atoms with Crippen molar-refractivity contribution in [3.05, 3.63) is 30.4 Å². The quantitative estimate of drug-likeness (QED) is 0.718. The summed E-state index contributed by atoms with van der Waals surface area (Å²) in [6, 6.07) is 0. The van der Waals surface area contributed by atoms with Gasteiger partial charge in [0.25, 0.3) is 0 Å². The Kier molecular flexibility index (Phi) is 3.05. The van der Waals surface area contributed by atoms with Crippen LogP contribution in [-0.4, -0.2) is 26.0 Å². The molecule has 0 amide bonds. The van der Waals surface area contributed by atoms with E-state index in [1.54, 1.807) is 23.3 Å².